The Bertz CT molecular complexity index is 439. The minimum atomic E-state index is 0. The van der Waals surface area contributed by atoms with E-state index >= 15 is 0 Å². The number of carbonyl (C=O) groups excluding carboxylic acids is 1. The number of benzene rings is 1. The predicted molar refractivity (Wildman–Crippen MR) is 106 cm³/mol. The third-order valence-electron chi connectivity index (χ3n) is 4.77. The van der Waals surface area contributed by atoms with Gasteiger partial charge >= 0.3 is 17.1 Å². The molecule has 2 atom stereocenters. The van der Waals surface area contributed by atoms with E-state index in [-0.39, 0.29) is 43.7 Å². The summed E-state index contributed by atoms with van der Waals surface area (Å²) < 4.78 is 0. The number of hydrogen-bond donors (Lipinski definition) is 1. The largest absolute Gasteiger partial charge is 2.00 e. The van der Waals surface area contributed by atoms with Gasteiger partial charge < -0.3 is 25.1 Å². The smallest absolute Gasteiger partial charge is 0.358 e. The van der Waals surface area contributed by atoms with Gasteiger partial charge in [0.1, 0.15) is 0 Å². The van der Waals surface area contributed by atoms with Crippen LogP contribution in [0.3, 0.4) is 0 Å². The second-order valence-electron chi connectivity index (χ2n) is 6.69. The number of carbonyl (C=O) groups is 1. The first kappa shape index (κ1) is 26.4. The van der Waals surface area contributed by atoms with Crippen LogP contribution in [0.15, 0.2) is 30.3 Å². The van der Waals surface area contributed by atoms with Gasteiger partial charge in [-0.2, -0.15) is 0 Å². The zero-order valence-electron chi connectivity index (χ0n) is 16.4. The van der Waals surface area contributed by atoms with Crippen LogP contribution in [0, 0.1) is 20.8 Å². The Morgan fingerprint density at radius 1 is 0.920 bits per heavy atom. The van der Waals surface area contributed by atoms with Crippen LogP contribution in [-0.4, -0.2) is 30.9 Å². The second kappa shape index (κ2) is 14.4. The molecule has 3 rings (SSSR count). The molecule has 4 heteroatoms. The quantitative estimate of drug-likeness (QED) is 0.570. The molecular formula is C21H36FeN2O. The van der Waals surface area contributed by atoms with Gasteiger partial charge in [0.2, 0.25) is 5.91 Å². The van der Waals surface area contributed by atoms with Gasteiger partial charge in [-0.05, 0) is 39.1 Å². The van der Waals surface area contributed by atoms with Crippen molar-refractivity contribution >= 4 is 11.6 Å². The number of nitrogens with zero attached hydrogens (tertiary/aromatic N) is 1. The van der Waals surface area contributed by atoms with Gasteiger partial charge in [-0.3, -0.25) is 4.79 Å². The number of para-hydroxylation sites is 1. The zero-order chi connectivity index (χ0) is 15.8. The summed E-state index contributed by atoms with van der Waals surface area (Å²) in [4.78, 5) is 14.4. The van der Waals surface area contributed by atoms with Crippen molar-refractivity contribution in [2.75, 3.05) is 19.4 Å². The van der Waals surface area contributed by atoms with Crippen molar-refractivity contribution in [2.45, 2.75) is 57.4 Å². The van der Waals surface area contributed by atoms with Crippen molar-refractivity contribution in [1.82, 2.24) is 4.90 Å². The van der Waals surface area contributed by atoms with Crippen LogP contribution in [0.2, 0.25) is 0 Å². The van der Waals surface area contributed by atoms with E-state index in [0.29, 0.717) is 6.04 Å². The van der Waals surface area contributed by atoms with E-state index < -0.39 is 0 Å². The fourth-order valence-corrected chi connectivity index (χ4v) is 3.50. The van der Waals surface area contributed by atoms with E-state index in [4.69, 9.17) is 0 Å². The molecule has 0 aliphatic heterocycles. The molecule has 0 heterocycles. The molecule has 2 unspecified atom stereocenters. The summed E-state index contributed by atoms with van der Waals surface area (Å²) in [6.07, 6.45) is 10.8. The maximum Gasteiger partial charge on any atom is 2.00 e. The molecule has 0 spiro atoms. The summed E-state index contributed by atoms with van der Waals surface area (Å²) >= 11 is 0. The maximum absolute atomic E-state index is 12.2. The molecule has 3 nitrogen and oxygen atoms in total. The topological polar surface area (TPSA) is 32.3 Å². The summed E-state index contributed by atoms with van der Waals surface area (Å²) in [6, 6.07) is 10.1. The Kier molecular flexibility index (Phi) is 15.2. The van der Waals surface area contributed by atoms with Gasteiger partial charge in [-0.1, -0.05) is 56.7 Å². The minimum absolute atomic E-state index is 0. The van der Waals surface area contributed by atoms with E-state index in [1.165, 1.54) is 32.1 Å². The molecule has 0 saturated heterocycles. The van der Waals surface area contributed by atoms with Crippen LogP contribution in [0.5, 0.6) is 0 Å². The maximum atomic E-state index is 12.2. The number of nitrogens with one attached hydrogen (secondary N) is 1. The van der Waals surface area contributed by atoms with Gasteiger partial charge in [-0.25, -0.2) is 0 Å². The first-order valence-corrected chi connectivity index (χ1v) is 8.71. The number of amides is 1. The Labute approximate surface area is 166 Å². The first-order valence-electron chi connectivity index (χ1n) is 8.71. The molecule has 2 aliphatic carbocycles. The van der Waals surface area contributed by atoms with Crippen LogP contribution in [0.4, 0.5) is 5.69 Å². The third kappa shape index (κ3) is 8.89. The Morgan fingerprint density at radius 3 is 1.92 bits per heavy atom. The minimum Gasteiger partial charge on any atom is -0.358 e. The van der Waals surface area contributed by atoms with Crippen LogP contribution < -0.4 is 5.32 Å². The van der Waals surface area contributed by atoms with Gasteiger partial charge in [0, 0.05) is 11.7 Å². The molecule has 144 valence electrons. The van der Waals surface area contributed by atoms with E-state index in [1.807, 2.05) is 30.3 Å². The average molecular weight is 388 g/mol. The van der Waals surface area contributed by atoms with Crippen molar-refractivity contribution in [3.8, 4) is 0 Å². The molecular weight excluding hydrogens is 352 g/mol. The average Bonchev–Trinajstić information content (AvgIpc) is 3.22. The molecule has 1 aromatic carbocycles. The van der Waals surface area contributed by atoms with Crippen molar-refractivity contribution in [1.29, 1.82) is 0 Å². The monoisotopic (exact) mass is 388 g/mol. The normalized spacial score (nSPS) is 21.1. The summed E-state index contributed by atoms with van der Waals surface area (Å²) in [5, 5.41) is 3.00. The van der Waals surface area contributed by atoms with Gasteiger partial charge in [0.15, 0.2) is 0 Å². The Hall–Kier alpha value is -0.831. The molecule has 0 aromatic heterocycles. The van der Waals surface area contributed by atoms with E-state index in [2.05, 4.69) is 24.3 Å². The molecule has 2 fully saturated rings. The summed E-state index contributed by atoms with van der Waals surface area (Å²) in [6.45, 7) is 0. The van der Waals surface area contributed by atoms with Crippen LogP contribution in [0.25, 0.3) is 0 Å². The Morgan fingerprint density at radius 2 is 1.44 bits per heavy atom. The van der Waals surface area contributed by atoms with E-state index in [0.717, 1.165) is 24.9 Å². The van der Waals surface area contributed by atoms with Crippen LogP contribution in [0.1, 0.15) is 51.4 Å². The van der Waals surface area contributed by atoms with Crippen molar-refractivity contribution in [3.05, 3.63) is 45.2 Å². The summed E-state index contributed by atoms with van der Waals surface area (Å²) in [5.74, 6) is 0.289. The molecule has 1 N–H and O–H groups in total. The Balaban J connectivity index is 0. The van der Waals surface area contributed by atoms with Gasteiger partial charge in [0.05, 0.1) is 5.92 Å². The number of anilines is 1. The van der Waals surface area contributed by atoms with Crippen molar-refractivity contribution < 1.29 is 21.9 Å². The van der Waals surface area contributed by atoms with Crippen molar-refractivity contribution in [2.24, 2.45) is 5.92 Å². The summed E-state index contributed by atoms with van der Waals surface area (Å²) in [7, 11) is 4.11. The molecule has 2 aliphatic rings. The fraction of sp³-hybridized carbons (Fsp3) is 0.571. The van der Waals surface area contributed by atoms with E-state index in [9.17, 15) is 4.79 Å². The standard InChI is InChI=1S/C14H20N2O.C5H10.2CH3.Fe/c1-16(2)13-10-6-9-12(13)14(17)15-11-7-4-3-5-8-11;1-2-4-5-3-1;;;/h3-5,7-8,12-13H,6,9-10H2,1-2H3,(H,15,17);1-5H2;2*1H3;/q;;2*-1;+2. The molecule has 0 radical (unpaired) electrons. The van der Waals surface area contributed by atoms with Gasteiger partial charge in [0.25, 0.3) is 0 Å². The number of hydrogen-bond acceptors (Lipinski definition) is 2. The molecule has 1 amide bonds. The first-order chi connectivity index (χ1) is 10.7. The SMILES string of the molecule is C1CCCC1.CN(C)C1CCCC1C(=O)Nc1ccccc1.[CH3-].[CH3-].[Fe+2]. The number of rotatable bonds is 3. The molecule has 1 aromatic rings. The summed E-state index contributed by atoms with van der Waals surface area (Å²) in [5.41, 5.74) is 0.891. The van der Waals surface area contributed by atoms with Crippen molar-refractivity contribution in [3.63, 3.8) is 0 Å². The second-order valence-corrected chi connectivity index (χ2v) is 6.69. The molecule has 25 heavy (non-hydrogen) atoms. The van der Waals surface area contributed by atoms with Crippen LogP contribution in [-0.2, 0) is 21.9 Å². The predicted octanol–water partition coefficient (Wildman–Crippen LogP) is 5.20. The van der Waals surface area contributed by atoms with Crippen LogP contribution >= 0.6 is 0 Å². The third-order valence-corrected chi connectivity index (χ3v) is 4.77. The molecule has 2 saturated carbocycles. The fourth-order valence-electron chi connectivity index (χ4n) is 3.50. The zero-order valence-corrected chi connectivity index (χ0v) is 17.5. The van der Waals surface area contributed by atoms with E-state index in [1.54, 1.807) is 0 Å². The molecule has 0 bridgehead atoms. The van der Waals surface area contributed by atoms with Gasteiger partial charge in [-0.15, -0.1) is 0 Å².